The van der Waals surface area contributed by atoms with E-state index in [2.05, 4.69) is 21.2 Å². The molecule has 0 aliphatic heterocycles. The van der Waals surface area contributed by atoms with Crippen LogP contribution in [0.4, 0.5) is 5.00 Å². The number of hydrogen-bond donors (Lipinski definition) is 1. The number of anilines is 1. The number of amides is 1. The molecule has 0 saturated carbocycles. The molecule has 0 radical (unpaired) electrons. The SMILES string of the molecule is CCOC(=O)c1c(-c2ccc(Br)cc2)csc1NC(=O)c1ccccc1. The quantitative estimate of drug-likeness (QED) is 0.536. The number of nitrogens with one attached hydrogen (secondary N) is 1. The molecule has 3 aromatic rings. The standard InChI is InChI=1S/C20H16BrNO3S/c1-2-25-20(24)17-16(13-8-10-15(21)11-9-13)12-26-19(17)22-18(23)14-6-4-3-5-7-14/h3-12H,2H2,1H3,(H,22,23). The van der Waals surface area contributed by atoms with Crippen molar-refractivity contribution in [2.45, 2.75) is 6.92 Å². The molecule has 4 nitrogen and oxygen atoms in total. The van der Waals surface area contributed by atoms with E-state index in [4.69, 9.17) is 4.74 Å². The second kappa shape index (κ2) is 8.29. The molecule has 3 rings (SSSR count). The van der Waals surface area contributed by atoms with E-state index in [9.17, 15) is 9.59 Å². The average Bonchev–Trinajstić information content (AvgIpc) is 3.07. The number of hydrogen-bond acceptors (Lipinski definition) is 4. The van der Waals surface area contributed by atoms with Crippen molar-refractivity contribution in [3.8, 4) is 11.1 Å². The summed E-state index contributed by atoms with van der Waals surface area (Å²) in [7, 11) is 0. The number of rotatable bonds is 5. The highest BCUT2D eigenvalue weighted by Crippen LogP contribution is 2.36. The first-order valence-corrected chi connectivity index (χ1v) is 9.68. The maximum absolute atomic E-state index is 12.5. The van der Waals surface area contributed by atoms with Gasteiger partial charge in [0, 0.05) is 21.0 Å². The minimum absolute atomic E-state index is 0.264. The lowest BCUT2D eigenvalue weighted by molar-refractivity contribution is 0.0529. The molecule has 1 N–H and O–H groups in total. The molecule has 1 heterocycles. The molecule has 0 aliphatic carbocycles. The Kier molecular flexibility index (Phi) is 5.85. The minimum Gasteiger partial charge on any atom is -0.462 e. The molecular formula is C20H16BrNO3S. The number of carbonyl (C=O) groups excluding carboxylic acids is 2. The Balaban J connectivity index is 1.98. The Hall–Kier alpha value is -2.44. The van der Waals surface area contributed by atoms with Crippen LogP contribution < -0.4 is 5.32 Å². The van der Waals surface area contributed by atoms with E-state index < -0.39 is 5.97 Å². The summed E-state index contributed by atoms with van der Waals surface area (Å²) in [6.07, 6.45) is 0. The normalized spacial score (nSPS) is 10.4. The fraction of sp³-hybridized carbons (Fsp3) is 0.100. The van der Waals surface area contributed by atoms with E-state index in [0.29, 0.717) is 16.1 Å². The first kappa shape index (κ1) is 18.4. The molecule has 132 valence electrons. The lowest BCUT2D eigenvalue weighted by Crippen LogP contribution is -2.14. The van der Waals surface area contributed by atoms with Crippen molar-refractivity contribution in [2.24, 2.45) is 0 Å². The summed E-state index contributed by atoms with van der Waals surface area (Å²) in [4.78, 5) is 25.0. The van der Waals surface area contributed by atoms with Crippen molar-refractivity contribution >= 4 is 44.1 Å². The van der Waals surface area contributed by atoms with Crippen molar-refractivity contribution in [1.29, 1.82) is 0 Å². The van der Waals surface area contributed by atoms with Crippen molar-refractivity contribution in [3.63, 3.8) is 0 Å². The van der Waals surface area contributed by atoms with Crippen LogP contribution in [0.1, 0.15) is 27.6 Å². The zero-order valence-corrected chi connectivity index (χ0v) is 16.4. The predicted molar refractivity (Wildman–Crippen MR) is 108 cm³/mol. The molecule has 1 amide bonds. The van der Waals surface area contributed by atoms with Crippen molar-refractivity contribution in [2.75, 3.05) is 11.9 Å². The van der Waals surface area contributed by atoms with Crippen LogP contribution in [0.15, 0.2) is 64.5 Å². The summed E-state index contributed by atoms with van der Waals surface area (Å²) >= 11 is 4.72. The summed E-state index contributed by atoms with van der Waals surface area (Å²) in [6, 6.07) is 16.5. The minimum atomic E-state index is -0.449. The first-order valence-electron chi connectivity index (χ1n) is 8.01. The molecule has 26 heavy (non-hydrogen) atoms. The van der Waals surface area contributed by atoms with Gasteiger partial charge in [0.2, 0.25) is 0 Å². The number of esters is 1. The van der Waals surface area contributed by atoms with Crippen LogP contribution in [0.3, 0.4) is 0 Å². The van der Waals surface area contributed by atoms with Gasteiger partial charge in [-0.2, -0.15) is 0 Å². The van der Waals surface area contributed by atoms with E-state index in [1.165, 1.54) is 11.3 Å². The van der Waals surface area contributed by atoms with Gasteiger partial charge in [-0.05, 0) is 36.8 Å². The Morgan fingerprint density at radius 2 is 1.77 bits per heavy atom. The van der Waals surface area contributed by atoms with Crippen molar-refractivity contribution < 1.29 is 14.3 Å². The monoisotopic (exact) mass is 429 g/mol. The highest BCUT2D eigenvalue weighted by atomic mass is 79.9. The summed E-state index contributed by atoms with van der Waals surface area (Å²) in [5, 5.41) is 5.18. The predicted octanol–water partition coefficient (Wildman–Crippen LogP) is 5.61. The number of ether oxygens (including phenoxy) is 1. The van der Waals surface area contributed by atoms with Gasteiger partial charge in [0.15, 0.2) is 0 Å². The van der Waals surface area contributed by atoms with Gasteiger partial charge in [0.05, 0.1) is 6.61 Å². The Morgan fingerprint density at radius 3 is 2.42 bits per heavy atom. The smallest absolute Gasteiger partial charge is 0.341 e. The number of halogens is 1. The van der Waals surface area contributed by atoms with Crippen LogP contribution in [-0.4, -0.2) is 18.5 Å². The lowest BCUT2D eigenvalue weighted by Gasteiger charge is -2.09. The highest BCUT2D eigenvalue weighted by molar-refractivity contribution is 9.10. The van der Waals surface area contributed by atoms with Crippen molar-refractivity contribution in [3.05, 3.63) is 75.6 Å². The maximum Gasteiger partial charge on any atom is 0.341 e. The molecule has 0 aliphatic rings. The third-order valence-electron chi connectivity index (χ3n) is 3.69. The number of carbonyl (C=O) groups is 2. The molecule has 0 bridgehead atoms. The Labute approximate surface area is 163 Å². The second-order valence-electron chi connectivity index (χ2n) is 5.40. The third-order valence-corrected chi connectivity index (χ3v) is 5.11. The molecule has 2 aromatic carbocycles. The van der Waals surface area contributed by atoms with Crippen LogP contribution in [0.5, 0.6) is 0 Å². The van der Waals surface area contributed by atoms with Crippen LogP contribution in [0, 0.1) is 0 Å². The third kappa shape index (κ3) is 4.03. The lowest BCUT2D eigenvalue weighted by atomic mass is 10.0. The van der Waals surface area contributed by atoms with E-state index in [0.717, 1.165) is 15.6 Å². The highest BCUT2D eigenvalue weighted by Gasteiger charge is 2.23. The van der Waals surface area contributed by atoms with Crippen LogP contribution in [0.2, 0.25) is 0 Å². The topological polar surface area (TPSA) is 55.4 Å². The van der Waals surface area contributed by atoms with Gasteiger partial charge in [-0.15, -0.1) is 11.3 Å². The van der Waals surface area contributed by atoms with Crippen LogP contribution >= 0.6 is 27.3 Å². The van der Waals surface area contributed by atoms with E-state index >= 15 is 0 Å². The fourth-order valence-electron chi connectivity index (χ4n) is 2.46. The van der Waals surface area contributed by atoms with Crippen LogP contribution in [0.25, 0.3) is 11.1 Å². The summed E-state index contributed by atoms with van der Waals surface area (Å²) < 4.78 is 6.16. The van der Waals surface area contributed by atoms with Crippen LogP contribution in [-0.2, 0) is 4.74 Å². The van der Waals surface area contributed by atoms with E-state index in [-0.39, 0.29) is 12.5 Å². The van der Waals surface area contributed by atoms with E-state index in [1.54, 1.807) is 31.2 Å². The van der Waals surface area contributed by atoms with Gasteiger partial charge >= 0.3 is 5.97 Å². The molecule has 0 fully saturated rings. The molecule has 6 heteroatoms. The zero-order valence-electron chi connectivity index (χ0n) is 14.0. The van der Waals surface area contributed by atoms with Gasteiger partial charge < -0.3 is 10.1 Å². The second-order valence-corrected chi connectivity index (χ2v) is 7.20. The fourth-order valence-corrected chi connectivity index (χ4v) is 3.68. The molecule has 0 spiro atoms. The number of thiophene rings is 1. The Morgan fingerprint density at radius 1 is 1.08 bits per heavy atom. The molecule has 0 saturated heterocycles. The number of benzene rings is 2. The summed E-state index contributed by atoms with van der Waals surface area (Å²) in [5.41, 5.74) is 2.53. The first-order chi connectivity index (χ1) is 12.6. The van der Waals surface area contributed by atoms with Gasteiger partial charge in [-0.25, -0.2) is 4.79 Å². The van der Waals surface area contributed by atoms with Gasteiger partial charge in [-0.3, -0.25) is 4.79 Å². The largest absolute Gasteiger partial charge is 0.462 e. The maximum atomic E-state index is 12.5. The van der Waals surface area contributed by atoms with Gasteiger partial charge in [0.25, 0.3) is 5.91 Å². The van der Waals surface area contributed by atoms with Gasteiger partial charge in [-0.1, -0.05) is 46.3 Å². The molecule has 0 unspecified atom stereocenters. The molecule has 1 aromatic heterocycles. The summed E-state index contributed by atoms with van der Waals surface area (Å²) in [5.74, 6) is -0.713. The van der Waals surface area contributed by atoms with E-state index in [1.807, 2.05) is 35.7 Å². The van der Waals surface area contributed by atoms with Crippen molar-refractivity contribution in [1.82, 2.24) is 0 Å². The zero-order chi connectivity index (χ0) is 18.5. The Bertz CT molecular complexity index is 920. The average molecular weight is 430 g/mol. The van der Waals surface area contributed by atoms with Gasteiger partial charge in [0.1, 0.15) is 10.6 Å². The summed E-state index contributed by atoms with van der Waals surface area (Å²) in [6.45, 7) is 2.02. The molecule has 0 atom stereocenters. The molecular weight excluding hydrogens is 414 g/mol.